The Labute approximate surface area is 166 Å². The molecule has 0 saturated carbocycles. The van der Waals surface area contributed by atoms with Gasteiger partial charge < -0.3 is 10.1 Å². The van der Waals surface area contributed by atoms with E-state index in [9.17, 15) is 18.4 Å². The molecule has 0 fully saturated rings. The van der Waals surface area contributed by atoms with E-state index in [1.807, 2.05) is 0 Å². The van der Waals surface area contributed by atoms with E-state index in [4.69, 9.17) is 4.74 Å². The van der Waals surface area contributed by atoms with E-state index >= 15 is 0 Å². The highest BCUT2D eigenvalue weighted by Crippen LogP contribution is 2.23. The van der Waals surface area contributed by atoms with Gasteiger partial charge in [-0.1, -0.05) is 12.6 Å². The number of ether oxygens (including phenoxy) is 1. The van der Waals surface area contributed by atoms with Gasteiger partial charge in [-0.25, -0.2) is 15.0 Å². The van der Waals surface area contributed by atoms with Crippen LogP contribution in [-0.4, -0.2) is 39.3 Å². The molecule has 2 N–H and O–H groups in total. The summed E-state index contributed by atoms with van der Waals surface area (Å²) in [6, 6.07) is 4.51. The van der Waals surface area contributed by atoms with Crippen LogP contribution < -0.4 is 15.4 Å². The number of rotatable bonds is 8. The molecular weight excluding hydrogens is 384 g/mol. The van der Waals surface area contributed by atoms with Crippen LogP contribution in [0.1, 0.15) is 35.6 Å². The van der Waals surface area contributed by atoms with Gasteiger partial charge in [0.05, 0.1) is 0 Å². The number of anilines is 1. The fourth-order valence-electron chi connectivity index (χ4n) is 2.06. The van der Waals surface area contributed by atoms with E-state index in [2.05, 4.69) is 32.2 Å². The Balaban J connectivity index is 1.94. The maximum Gasteiger partial charge on any atom is 0.302 e. The number of halogens is 2. The van der Waals surface area contributed by atoms with Crippen molar-refractivity contribution in [3.8, 4) is 5.88 Å². The lowest BCUT2D eigenvalue weighted by Crippen LogP contribution is -2.26. The lowest BCUT2D eigenvalue weighted by Gasteiger charge is -2.16. The molecule has 29 heavy (non-hydrogen) atoms. The molecular formula is C19H21F2N5O3. The number of carbonyl (C=O) groups is 2. The molecule has 0 aliphatic heterocycles. The zero-order valence-electron chi connectivity index (χ0n) is 16.3. The minimum Gasteiger partial charge on any atom is -0.471 e. The molecule has 0 spiro atoms. The Morgan fingerprint density at radius 1 is 1.24 bits per heavy atom. The maximum atomic E-state index is 13.5. The van der Waals surface area contributed by atoms with Crippen molar-refractivity contribution in [2.75, 3.05) is 11.9 Å². The standard InChI is InChI=1S/C19H21F2N5O3/c1-11(2)19(20,21)10-29-16-6-5-14(8-22-16)9-23-17(28)15-7-12(3)24-18(26-15)25-13(4)27/h5-8H,1,9-10H2,2-4H3,(H,23,28)(H,24,25,26,27). The van der Waals surface area contributed by atoms with E-state index in [1.54, 1.807) is 13.0 Å². The number of hydrogen-bond donors (Lipinski definition) is 2. The summed E-state index contributed by atoms with van der Waals surface area (Å²) in [6.07, 6.45) is 1.41. The fourth-order valence-corrected chi connectivity index (χ4v) is 2.06. The van der Waals surface area contributed by atoms with Crippen LogP contribution in [0.25, 0.3) is 0 Å². The molecule has 0 unspecified atom stereocenters. The summed E-state index contributed by atoms with van der Waals surface area (Å²) < 4.78 is 31.9. The number of nitrogens with zero attached hydrogens (tertiary/aromatic N) is 3. The average Bonchev–Trinajstić information content (AvgIpc) is 2.64. The Morgan fingerprint density at radius 2 is 1.97 bits per heavy atom. The molecule has 8 nitrogen and oxygen atoms in total. The van der Waals surface area contributed by atoms with Crippen LogP contribution in [-0.2, 0) is 11.3 Å². The number of aryl methyl sites for hydroxylation is 1. The maximum absolute atomic E-state index is 13.5. The highest BCUT2D eigenvalue weighted by atomic mass is 19.3. The molecule has 0 atom stereocenters. The Bertz CT molecular complexity index is 917. The summed E-state index contributed by atoms with van der Waals surface area (Å²) >= 11 is 0. The van der Waals surface area contributed by atoms with Crippen molar-refractivity contribution < 1.29 is 23.1 Å². The van der Waals surface area contributed by atoms with Crippen LogP contribution in [0.2, 0.25) is 0 Å². The highest BCUT2D eigenvalue weighted by molar-refractivity contribution is 5.93. The number of nitrogens with one attached hydrogen (secondary N) is 2. The average molecular weight is 405 g/mol. The van der Waals surface area contributed by atoms with Gasteiger partial charge in [0, 0.05) is 31.4 Å². The lowest BCUT2D eigenvalue weighted by molar-refractivity contribution is -0.114. The molecule has 10 heteroatoms. The molecule has 0 aliphatic carbocycles. The molecule has 2 heterocycles. The van der Waals surface area contributed by atoms with Gasteiger partial charge in [-0.2, -0.15) is 8.78 Å². The first-order valence-electron chi connectivity index (χ1n) is 8.60. The first-order valence-corrected chi connectivity index (χ1v) is 8.60. The second-order valence-corrected chi connectivity index (χ2v) is 6.36. The molecule has 2 rings (SSSR count). The molecule has 2 aromatic rings. The zero-order chi connectivity index (χ0) is 21.6. The van der Waals surface area contributed by atoms with Crippen molar-refractivity contribution in [3.05, 3.63) is 53.5 Å². The molecule has 0 bridgehead atoms. The molecule has 0 radical (unpaired) electrons. The third-order valence-electron chi connectivity index (χ3n) is 3.65. The summed E-state index contributed by atoms with van der Waals surface area (Å²) in [4.78, 5) is 35.4. The van der Waals surface area contributed by atoms with E-state index in [0.29, 0.717) is 11.3 Å². The van der Waals surface area contributed by atoms with Crippen LogP contribution in [0.15, 0.2) is 36.5 Å². The zero-order valence-corrected chi connectivity index (χ0v) is 16.3. The van der Waals surface area contributed by atoms with Crippen molar-refractivity contribution in [2.45, 2.75) is 33.2 Å². The van der Waals surface area contributed by atoms with Gasteiger partial charge in [0.2, 0.25) is 17.7 Å². The van der Waals surface area contributed by atoms with Crippen LogP contribution in [0.3, 0.4) is 0 Å². The minimum atomic E-state index is -3.14. The summed E-state index contributed by atoms with van der Waals surface area (Å²) in [5.74, 6) is -3.88. The SMILES string of the molecule is C=C(C)C(F)(F)COc1ccc(CNC(=O)c2cc(C)nc(NC(C)=O)n2)cn1. The topological polar surface area (TPSA) is 106 Å². The van der Waals surface area contributed by atoms with Crippen LogP contribution in [0.5, 0.6) is 5.88 Å². The van der Waals surface area contributed by atoms with E-state index < -0.39 is 18.4 Å². The van der Waals surface area contributed by atoms with Crippen LogP contribution >= 0.6 is 0 Å². The van der Waals surface area contributed by atoms with Crippen molar-refractivity contribution in [1.29, 1.82) is 0 Å². The quantitative estimate of drug-likeness (QED) is 0.654. The molecule has 2 aromatic heterocycles. The third-order valence-corrected chi connectivity index (χ3v) is 3.65. The van der Waals surface area contributed by atoms with E-state index in [1.165, 1.54) is 32.2 Å². The Kier molecular flexibility index (Phi) is 6.92. The summed E-state index contributed by atoms with van der Waals surface area (Å²) in [5, 5.41) is 5.09. The summed E-state index contributed by atoms with van der Waals surface area (Å²) in [7, 11) is 0. The van der Waals surface area contributed by atoms with Gasteiger partial charge in [0.15, 0.2) is 6.61 Å². The number of amides is 2. The largest absolute Gasteiger partial charge is 0.471 e. The van der Waals surface area contributed by atoms with Crippen LogP contribution in [0.4, 0.5) is 14.7 Å². The fraction of sp³-hybridized carbons (Fsp3) is 0.316. The molecule has 0 aliphatic rings. The van der Waals surface area contributed by atoms with Gasteiger partial charge >= 0.3 is 5.92 Å². The van der Waals surface area contributed by atoms with Crippen LogP contribution in [0, 0.1) is 6.92 Å². The van der Waals surface area contributed by atoms with Crippen molar-refractivity contribution in [1.82, 2.24) is 20.3 Å². The summed E-state index contributed by atoms with van der Waals surface area (Å²) in [6.45, 7) is 6.71. The summed E-state index contributed by atoms with van der Waals surface area (Å²) in [5.41, 5.74) is 0.948. The van der Waals surface area contributed by atoms with Gasteiger partial charge in [0.1, 0.15) is 5.69 Å². The number of aromatic nitrogens is 3. The first-order chi connectivity index (χ1) is 13.6. The predicted molar refractivity (Wildman–Crippen MR) is 102 cm³/mol. The Hall–Kier alpha value is -3.43. The lowest BCUT2D eigenvalue weighted by atomic mass is 10.2. The smallest absolute Gasteiger partial charge is 0.302 e. The predicted octanol–water partition coefficient (Wildman–Crippen LogP) is 2.66. The number of hydrogen-bond acceptors (Lipinski definition) is 6. The Morgan fingerprint density at radius 3 is 2.55 bits per heavy atom. The minimum absolute atomic E-state index is 0.0346. The molecule has 154 valence electrons. The van der Waals surface area contributed by atoms with Gasteiger partial charge in [-0.15, -0.1) is 0 Å². The van der Waals surface area contributed by atoms with Gasteiger partial charge in [-0.3, -0.25) is 14.9 Å². The number of pyridine rings is 1. The molecule has 0 saturated heterocycles. The first kappa shape index (κ1) is 21.9. The second kappa shape index (κ2) is 9.18. The van der Waals surface area contributed by atoms with Gasteiger partial charge in [-0.05, 0) is 31.1 Å². The van der Waals surface area contributed by atoms with Crippen molar-refractivity contribution >= 4 is 17.8 Å². The molecule has 0 aromatic carbocycles. The second-order valence-electron chi connectivity index (χ2n) is 6.36. The normalized spacial score (nSPS) is 10.9. The highest BCUT2D eigenvalue weighted by Gasteiger charge is 2.31. The number of alkyl halides is 2. The van der Waals surface area contributed by atoms with E-state index in [0.717, 1.165) is 0 Å². The van der Waals surface area contributed by atoms with Crippen molar-refractivity contribution in [3.63, 3.8) is 0 Å². The third kappa shape index (κ3) is 6.59. The van der Waals surface area contributed by atoms with Gasteiger partial charge in [0.25, 0.3) is 5.91 Å². The van der Waals surface area contributed by atoms with E-state index in [-0.39, 0.29) is 35.5 Å². The van der Waals surface area contributed by atoms with Crippen molar-refractivity contribution in [2.24, 2.45) is 0 Å². The molecule has 2 amide bonds. The number of carbonyl (C=O) groups excluding carboxylic acids is 2. The monoisotopic (exact) mass is 405 g/mol.